The molecule has 0 aliphatic rings. The van der Waals surface area contributed by atoms with E-state index in [1.807, 2.05) is 13.8 Å². The van der Waals surface area contributed by atoms with Crippen molar-refractivity contribution in [3.63, 3.8) is 0 Å². The number of carbonyl (C=O) groups is 3. The van der Waals surface area contributed by atoms with Gasteiger partial charge in [0.1, 0.15) is 5.60 Å². The molecule has 0 spiro atoms. The van der Waals surface area contributed by atoms with Crippen LogP contribution in [0.15, 0.2) is 0 Å². The van der Waals surface area contributed by atoms with Crippen molar-refractivity contribution in [3.8, 4) is 0 Å². The Labute approximate surface area is 132 Å². The molecule has 0 radical (unpaired) electrons. The zero-order valence-electron chi connectivity index (χ0n) is 14.6. The van der Waals surface area contributed by atoms with Crippen LogP contribution in [0.5, 0.6) is 0 Å². The van der Waals surface area contributed by atoms with Gasteiger partial charge in [0.15, 0.2) is 0 Å². The van der Waals surface area contributed by atoms with Crippen LogP contribution in [0.3, 0.4) is 0 Å². The number of esters is 1. The number of rotatable bonds is 4. The third kappa shape index (κ3) is 26.7. The van der Waals surface area contributed by atoms with Crippen LogP contribution >= 0.6 is 0 Å². The molecule has 8 heteroatoms. The third-order valence-corrected chi connectivity index (χ3v) is 1.50. The van der Waals surface area contributed by atoms with Crippen molar-refractivity contribution in [2.24, 2.45) is 5.73 Å². The van der Waals surface area contributed by atoms with Crippen LogP contribution in [0.2, 0.25) is 0 Å². The van der Waals surface area contributed by atoms with Crippen molar-refractivity contribution in [1.82, 2.24) is 5.32 Å². The maximum Gasteiger partial charge on any atom is 0.408 e. The van der Waals surface area contributed by atoms with Crippen LogP contribution < -0.4 is 11.1 Å². The summed E-state index contributed by atoms with van der Waals surface area (Å²) in [6.45, 7) is 10.5. The average molecular weight is 322 g/mol. The third-order valence-electron chi connectivity index (χ3n) is 1.50. The molecule has 0 saturated carbocycles. The highest BCUT2D eigenvalue weighted by Gasteiger charge is 2.15. The summed E-state index contributed by atoms with van der Waals surface area (Å²) in [7, 11) is 1.30. The van der Waals surface area contributed by atoms with Gasteiger partial charge in [0.05, 0.1) is 26.2 Å². The Morgan fingerprint density at radius 2 is 1.68 bits per heavy atom. The average Bonchev–Trinajstić information content (AvgIpc) is 2.36. The maximum atomic E-state index is 10.8. The zero-order valence-corrected chi connectivity index (χ0v) is 14.6. The van der Waals surface area contributed by atoms with Gasteiger partial charge in [-0.15, -0.1) is 0 Å². The van der Waals surface area contributed by atoms with Crippen molar-refractivity contribution >= 4 is 18.0 Å². The quantitative estimate of drug-likeness (QED) is 0.661. The van der Waals surface area contributed by atoms with Crippen LogP contribution in [-0.2, 0) is 19.1 Å². The lowest BCUT2D eigenvalue weighted by atomic mass is 10.2. The first-order chi connectivity index (χ1) is 9.97. The molecule has 1 unspecified atom stereocenters. The van der Waals surface area contributed by atoms with Gasteiger partial charge < -0.3 is 25.6 Å². The number of methoxy groups -OCH3 is 1. The van der Waals surface area contributed by atoms with E-state index in [2.05, 4.69) is 10.1 Å². The lowest BCUT2D eigenvalue weighted by molar-refractivity contribution is -0.142. The van der Waals surface area contributed by atoms with Crippen LogP contribution in [0.25, 0.3) is 0 Å². The molecule has 132 valence electrons. The summed E-state index contributed by atoms with van der Waals surface area (Å²) in [5, 5.41) is 10.8. The summed E-state index contributed by atoms with van der Waals surface area (Å²) in [5.41, 5.74) is 4.24. The number of nitrogens with two attached hydrogens (primary N) is 1. The number of hydrogen-bond acceptors (Lipinski definition) is 6. The summed E-state index contributed by atoms with van der Waals surface area (Å²) in [6, 6.07) is 0. The van der Waals surface area contributed by atoms with Gasteiger partial charge in [-0.2, -0.15) is 0 Å². The van der Waals surface area contributed by atoms with Crippen molar-refractivity contribution in [2.75, 3.05) is 13.7 Å². The highest BCUT2D eigenvalue weighted by Crippen LogP contribution is 2.05. The standard InChI is InChI=1S/C7H14N2O3.C5H10O3.C2H6/c1-7(2,3)12-6(11)9-4-5(8)10;1-4(6)3-5(7)8-2;1-2/h4H2,1-3H3,(H2,8,10)(H,9,11);4,6H,3H2,1-2H3;1-2H3. The van der Waals surface area contributed by atoms with Gasteiger partial charge in [-0.1, -0.05) is 13.8 Å². The van der Waals surface area contributed by atoms with Gasteiger partial charge in [-0.05, 0) is 27.7 Å². The van der Waals surface area contributed by atoms with E-state index in [1.54, 1.807) is 20.8 Å². The number of primary amides is 1. The molecule has 0 heterocycles. The first-order valence-electron chi connectivity index (χ1n) is 6.98. The smallest absolute Gasteiger partial charge is 0.408 e. The Balaban J connectivity index is -0.000000313. The lowest BCUT2D eigenvalue weighted by Crippen LogP contribution is -2.37. The zero-order chi connectivity index (χ0) is 18.3. The molecular weight excluding hydrogens is 292 g/mol. The Morgan fingerprint density at radius 3 is 1.91 bits per heavy atom. The second-order valence-corrected chi connectivity index (χ2v) is 4.95. The second-order valence-electron chi connectivity index (χ2n) is 4.95. The number of nitrogens with one attached hydrogen (secondary N) is 1. The van der Waals surface area contributed by atoms with Crippen molar-refractivity contribution in [3.05, 3.63) is 0 Å². The molecule has 22 heavy (non-hydrogen) atoms. The van der Waals surface area contributed by atoms with Gasteiger partial charge in [0.2, 0.25) is 5.91 Å². The van der Waals surface area contributed by atoms with Crippen molar-refractivity contribution in [2.45, 2.75) is 59.7 Å². The Bertz CT molecular complexity index is 324. The highest BCUT2D eigenvalue weighted by atomic mass is 16.6. The molecule has 0 aliphatic heterocycles. The van der Waals surface area contributed by atoms with E-state index in [1.165, 1.54) is 14.0 Å². The van der Waals surface area contributed by atoms with E-state index in [-0.39, 0.29) is 18.9 Å². The summed E-state index contributed by atoms with van der Waals surface area (Å²) >= 11 is 0. The number of ether oxygens (including phenoxy) is 2. The van der Waals surface area contributed by atoms with E-state index in [9.17, 15) is 14.4 Å². The summed E-state index contributed by atoms with van der Waals surface area (Å²) in [4.78, 5) is 31.3. The summed E-state index contributed by atoms with van der Waals surface area (Å²) < 4.78 is 9.09. The SMILES string of the molecule is CC.CC(C)(C)OC(=O)NCC(N)=O.COC(=O)CC(C)O. The molecule has 0 bridgehead atoms. The van der Waals surface area contributed by atoms with Crippen LogP contribution in [0.4, 0.5) is 4.79 Å². The molecule has 0 aromatic heterocycles. The molecule has 0 fully saturated rings. The first kappa shape index (κ1) is 25.1. The van der Waals surface area contributed by atoms with E-state index < -0.39 is 23.7 Å². The minimum Gasteiger partial charge on any atom is -0.469 e. The summed E-state index contributed by atoms with van der Waals surface area (Å²) in [6.07, 6.45) is -1.15. The molecule has 0 aromatic carbocycles. The predicted octanol–water partition coefficient (Wildman–Crippen LogP) is 0.953. The van der Waals surface area contributed by atoms with E-state index in [0.29, 0.717) is 0 Å². The topological polar surface area (TPSA) is 128 Å². The Morgan fingerprint density at radius 1 is 1.23 bits per heavy atom. The number of hydrogen-bond donors (Lipinski definition) is 3. The molecule has 0 rings (SSSR count). The van der Waals surface area contributed by atoms with E-state index in [0.717, 1.165) is 0 Å². The van der Waals surface area contributed by atoms with Gasteiger partial charge in [0, 0.05) is 0 Å². The number of aliphatic hydroxyl groups excluding tert-OH is 1. The van der Waals surface area contributed by atoms with Crippen LogP contribution in [0.1, 0.15) is 48.0 Å². The van der Waals surface area contributed by atoms with Crippen LogP contribution in [-0.4, -0.2) is 48.4 Å². The fraction of sp³-hybridized carbons (Fsp3) is 0.786. The summed E-state index contributed by atoms with van der Waals surface area (Å²) in [5.74, 6) is -0.971. The Hall–Kier alpha value is -1.83. The van der Waals surface area contributed by atoms with Gasteiger partial charge >= 0.3 is 12.1 Å². The molecule has 1 atom stereocenters. The number of aliphatic hydroxyl groups is 1. The van der Waals surface area contributed by atoms with Crippen LogP contribution in [0, 0.1) is 0 Å². The molecule has 2 amide bonds. The monoisotopic (exact) mass is 322 g/mol. The molecule has 4 N–H and O–H groups in total. The Kier molecular flexibility index (Phi) is 16.1. The predicted molar refractivity (Wildman–Crippen MR) is 83.1 cm³/mol. The largest absolute Gasteiger partial charge is 0.469 e. The fourth-order valence-electron chi connectivity index (χ4n) is 0.798. The second kappa shape index (κ2) is 14.1. The molecular formula is C14H30N2O6. The van der Waals surface area contributed by atoms with E-state index >= 15 is 0 Å². The van der Waals surface area contributed by atoms with Crippen molar-refractivity contribution < 1.29 is 29.0 Å². The maximum absolute atomic E-state index is 10.8. The highest BCUT2D eigenvalue weighted by molar-refractivity contribution is 5.80. The minimum absolute atomic E-state index is 0.0799. The molecule has 0 aromatic rings. The molecule has 0 aliphatic carbocycles. The fourth-order valence-corrected chi connectivity index (χ4v) is 0.798. The molecule has 8 nitrogen and oxygen atoms in total. The van der Waals surface area contributed by atoms with Crippen molar-refractivity contribution in [1.29, 1.82) is 0 Å². The van der Waals surface area contributed by atoms with Gasteiger partial charge in [-0.25, -0.2) is 4.79 Å². The van der Waals surface area contributed by atoms with Gasteiger partial charge in [-0.3, -0.25) is 9.59 Å². The number of amides is 2. The van der Waals surface area contributed by atoms with Gasteiger partial charge in [0.25, 0.3) is 0 Å². The normalized spacial score (nSPS) is 10.7. The number of carbonyl (C=O) groups excluding carboxylic acids is 3. The lowest BCUT2D eigenvalue weighted by Gasteiger charge is -2.19. The van der Waals surface area contributed by atoms with E-state index in [4.69, 9.17) is 15.6 Å². The molecule has 0 saturated heterocycles. The minimum atomic E-state index is -0.638. The first-order valence-corrected chi connectivity index (χ1v) is 6.98. The number of alkyl carbamates (subject to hydrolysis) is 1.